The van der Waals surface area contributed by atoms with E-state index < -0.39 is 69.2 Å². The first kappa shape index (κ1) is 21.6. The van der Waals surface area contributed by atoms with Gasteiger partial charge in [-0.1, -0.05) is 0 Å². The van der Waals surface area contributed by atoms with Crippen molar-refractivity contribution in [3.8, 4) is 0 Å². The van der Waals surface area contributed by atoms with E-state index in [1.165, 1.54) is 13.8 Å². The molecule has 158 valence electrons. The molecule has 3 rings (SSSR count). The average Bonchev–Trinajstić information content (AvgIpc) is 2.63. The maximum Gasteiger partial charge on any atom is 0.186 e. The van der Waals surface area contributed by atoms with Gasteiger partial charge in [0.25, 0.3) is 0 Å². The van der Waals surface area contributed by atoms with E-state index in [2.05, 4.69) is 0 Å². The van der Waals surface area contributed by atoms with Crippen molar-refractivity contribution in [2.45, 2.75) is 20.8 Å². The first-order chi connectivity index (χ1) is 14.0. The topological polar surface area (TPSA) is 3.24 Å². The first-order valence-corrected chi connectivity index (χ1v) is 8.49. The highest BCUT2D eigenvalue weighted by atomic mass is 19.2. The highest BCUT2D eigenvalue weighted by molar-refractivity contribution is 5.79. The highest BCUT2D eigenvalue weighted by Gasteiger charge is 2.34. The lowest BCUT2D eigenvalue weighted by molar-refractivity contribution is 0.446. The summed E-state index contributed by atoms with van der Waals surface area (Å²) in [5.74, 6) is -13.8. The molecule has 9 heteroatoms. The summed E-state index contributed by atoms with van der Waals surface area (Å²) < 4.78 is 116. The normalized spacial score (nSPS) is 11.2. The quantitative estimate of drug-likeness (QED) is 0.313. The number of hydrogen-bond donors (Lipinski definition) is 0. The van der Waals surface area contributed by atoms with Crippen molar-refractivity contribution >= 4 is 17.1 Å². The molecule has 0 unspecified atom stereocenters. The Morgan fingerprint density at radius 2 is 0.767 bits per heavy atom. The number of rotatable bonds is 3. The van der Waals surface area contributed by atoms with Gasteiger partial charge >= 0.3 is 0 Å². The van der Waals surface area contributed by atoms with E-state index in [1.54, 1.807) is 0 Å². The molecule has 3 aromatic carbocycles. The maximum absolute atomic E-state index is 14.7. The minimum atomic E-state index is -2.08. The zero-order valence-corrected chi connectivity index (χ0v) is 15.8. The Kier molecular flexibility index (Phi) is 5.49. The van der Waals surface area contributed by atoms with E-state index in [4.69, 9.17) is 0 Å². The Morgan fingerprint density at radius 3 is 1.07 bits per heavy atom. The van der Waals surface area contributed by atoms with Gasteiger partial charge in [0, 0.05) is 5.56 Å². The fourth-order valence-electron chi connectivity index (χ4n) is 3.07. The van der Waals surface area contributed by atoms with Crippen LogP contribution in [0.5, 0.6) is 0 Å². The molecule has 0 saturated heterocycles. The lowest BCUT2D eigenvalue weighted by Crippen LogP contribution is -2.21. The molecule has 0 amide bonds. The standard InChI is InChI=1S/C21H13F8N/c1-8-4-11(22)19(12(23)5-8)30(20-13(24)6-9(2)7-14(20)25)21-17(28)15(26)10(3)16(27)18(21)29/h4-7H,1-3H3. The summed E-state index contributed by atoms with van der Waals surface area (Å²) in [5.41, 5.74) is -5.31. The minimum Gasteiger partial charge on any atom is -0.294 e. The molecule has 0 aliphatic carbocycles. The van der Waals surface area contributed by atoms with Gasteiger partial charge in [-0.25, -0.2) is 35.1 Å². The molecule has 1 nitrogen and oxygen atoms in total. The van der Waals surface area contributed by atoms with Crippen molar-refractivity contribution in [1.29, 1.82) is 0 Å². The molecular weight excluding hydrogens is 418 g/mol. The van der Waals surface area contributed by atoms with E-state index in [1.807, 2.05) is 0 Å². The molecule has 0 bridgehead atoms. The molecule has 0 aliphatic heterocycles. The Balaban J connectivity index is 2.53. The van der Waals surface area contributed by atoms with Crippen molar-refractivity contribution in [1.82, 2.24) is 0 Å². The van der Waals surface area contributed by atoms with Crippen molar-refractivity contribution in [2.24, 2.45) is 0 Å². The monoisotopic (exact) mass is 431 g/mol. The lowest BCUT2D eigenvalue weighted by Gasteiger charge is -2.28. The number of aryl methyl sites for hydroxylation is 2. The molecule has 0 N–H and O–H groups in total. The third-order valence-electron chi connectivity index (χ3n) is 4.45. The summed E-state index contributed by atoms with van der Waals surface area (Å²) >= 11 is 0. The molecule has 0 radical (unpaired) electrons. The molecule has 3 aromatic rings. The van der Waals surface area contributed by atoms with Crippen molar-refractivity contribution in [3.63, 3.8) is 0 Å². The molecule has 0 atom stereocenters. The van der Waals surface area contributed by atoms with Crippen LogP contribution in [0.1, 0.15) is 16.7 Å². The summed E-state index contributed by atoms with van der Waals surface area (Å²) in [6.07, 6.45) is 0. The van der Waals surface area contributed by atoms with Gasteiger partial charge in [-0.05, 0) is 56.2 Å². The largest absolute Gasteiger partial charge is 0.294 e. The minimum absolute atomic E-state index is 0.0424. The van der Waals surface area contributed by atoms with Crippen LogP contribution in [0.15, 0.2) is 24.3 Å². The van der Waals surface area contributed by atoms with Crippen molar-refractivity contribution in [2.75, 3.05) is 4.90 Å². The van der Waals surface area contributed by atoms with Crippen LogP contribution >= 0.6 is 0 Å². The third kappa shape index (κ3) is 3.38. The fourth-order valence-corrected chi connectivity index (χ4v) is 3.07. The second-order valence-electron chi connectivity index (χ2n) is 6.72. The van der Waals surface area contributed by atoms with Gasteiger partial charge in [0.05, 0.1) is 0 Å². The molecule has 30 heavy (non-hydrogen) atoms. The molecule has 0 fully saturated rings. The number of nitrogens with zero attached hydrogens (tertiary/aromatic N) is 1. The van der Waals surface area contributed by atoms with Crippen LogP contribution in [0.2, 0.25) is 0 Å². The summed E-state index contributed by atoms with van der Waals surface area (Å²) in [6.45, 7) is 3.31. The second-order valence-corrected chi connectivity index (χ2v) is 6.72. The maximum atomic E-state index is 14.7. The average molecular weight is 431 g/mol. The van der Waals surface area contributed by atoms with Gasteiger partial charge in [0.15, 0.2) is 46.5 Å². The predicted molar refractivity (Wildman–Crippen MR) is 95.0 cm³/mol. The lowest BCUT2D eigenvalue weighted by atomic mass is 10.1. The number of halogens is 8. The van der Waals surface area contributed by atoms with Crippen molar-refractivity contribution < 1.29 is 35.1 Å². The van der Waals surface area contributed by atoms with Crippen LogP contribution in [0.25, 0.3) is 0 Å². The predicted octanol–water partition coefficient (Wildman–Crippen LogP) is 7.19. The van der Waals surface area contributed by atoms with Gasteiger partial charge < -0.3 is 0 Å². The summed E-state index contributed by atoms with van der Waals surface area (Å²) in [6, 6.07) is 2.91. The van der Waals surface area contributed by atoms with Crippen molar-refractivity contribution in [3.05, 3.63) is 87.5 Å². The summed E-state index contributed by atoms with van der Waals surface area (Å²) in [4.78, 5) is -0.176. The number of benzene rings is 3. The van der Waals surface area contributed by atoms with E-state index in [9.17, 15) is 35.1 Å². The number of anilines is 3. The van der Waals surface area contributed by atoms with Gasteiger partial charge in [-0.15, -0.1) is 0 Å². The summed E-state index contributed by atoms with van der Waals surface area (Å²) in [5, 5.41) is 0. The Hall–Kier alpha value is -3.10. The van der Waals surface area contributed by atoms with Gasteiger partial charge in [-0.3, -0.25) is 4.90 Å². The van der Waals surface area contributed by atoms with Crippen LogP contribution in [0, 0.1) is 67.3 Å². The third-order valence-corrected chi connectivity index (χ3v) is 4.45. The van der Waals surface area contributed by atoms with E-state index >= 15 is 0 Å². The zero-order chi connectivity index (χ0) is 22.5. The van der Waals surface area contributed by atoms with Crippen LogP contribution in [0.4, 0.5) is 52.2 Å². The Bertz CT molecular complexity index is 1040. The van der Waals surface area contributed by atoms with Crippen LogP contribution in [-0.2, 0) is 0 Å². The van der Waals surface area contributed by atoms with Gasteiger partial charge in [0.1, 0.15) is 17.1 Å². The van der Waals surface area contributed by atoms with Gasteiger partial charge in [-0.2, -0.15) is 0 Å². The molecule has 0 heterocycles. The van der Waals surface area contributed by atoms with Crippen LogP contribution < -0.4 is 4.90 Å². The Labute approximate surface area is 166 Å². The first-order valence-electron chi connectivity index (χ1n) is 8.49. The second kappa shape index (κ2) is 7.62. The van der Waals surface area contributed by atoms with Crippen LogP contribution in [0.3, 0.4) is 0 Å². The smallest absolute Gasteiger partial charge is 0.186 e. The molecule has 0 saturated carbocycles. The number of hydrogen-bond acceptors (Lipinski definition) is 1. The molecule has 0 aliphatic rings. The zero-order valence-electron chi connectivity index (χ0n) is 15.8. The Morgan fingerprint density at radius 1 is 0.467 bits per heavy atom. The van der Waals surface area contributed by atoms with E-state index in [-0.39, 0.29) is 16.0 Å². The SMILES string of the molecule is Cc1cc(F)c(N(c2c(F)cc(C)cc2F)c2c(F)c(F)c(C)c(F)c2F)c(F)c1. The van der Waals surface area contributed by atoms with E-state index in [0.29, 0.717) is 0 Å². The molecular formula is C21H13F8N. The van der Waals surface area contributed by atoms with Gasteiger partial charge in [0.2, 0.25) is 0 Å². The molecule has 0 spiro atoms. The van der Waals surface area contributed by atoms with Crippen LogP contribution in [-0.4, -0.2) is 0 Å². The highest BCUT2D eigenvalue weighted by Crippen LogP contribution is 2.44. The summed E-state index contributed by atoms with van der Waals surface area (Å²) in [7, 11) is 0. The fraction of sp³-hybridized carbons (Fsp3) is 0.143. The van der Waals surface area contributed by atoms with E-state index in [0.717, 1.165) is 31.2 Å². The molecule has 0 aromatic heterocycles.